The number of aromatic nitrogens is 1. The summed E-state index contributed by atoms with van der Waals surface area (Å²) in [6.45, 7) is 4.90. The molecule has 7 nitrogen and oxygen atoms in total. The summed E-state index contributed by atoms with van der Waals surface area (Å²) in [5.74, 6) is 0. The van der Waals surface area contributed by atoms with Crippen LogP contribution < -0.4 is 0 Å². The van der Waals surface area contributed by atoms with Gasteiger partial charge < -0.3 is 9.64 Å². The maximum Gasteiger partial charge on any atom is 0.411 e. The van der Waals surface area contributed by atoms with E-state index in [-0.39, 0.29) is 12.1 Å². The van der Waals surface area contributed by atoms with E-state index >= 15 is 0 Å². The van der Waals surface area contributed by atoms with Gasteiger partial charge in [-0.1, -0.05) is 54.6 Å². The molecule has 196 valence electrons. The van der Waals surface area contributed by atoms with Gasteiger partial charge in [-0.3, -0.25) is 4.98 Å². The highest BCUT2D eigenvalue weighted by Gasteiger charge is 2.43. The van der Waals surface area contributed by atoms with Crippen LogP contribution in [0.25, 0.3) is 11.1 Å². The van der Waals surface area contributed by atoms with E-state index in [0.29, 0.717) is 32.4 Å². The molecule has 2 aromatic carbocycles. The predicted molar refractivity (Wildman–Crippen MR) is 145 cm³/mol. The smallest absolute Gasteiger partial charge is 0.411 e. The minimum Gasteiger partial charge on any atom is -0.438 e. The molecule has 0 radical (unpaired) electrons. The lowest BCUT2D eigenvalue weighted by molar-refractivity contribution is -0.0667. The quantitative estimate of drug-likeness (QED) is 0.370. The Bertz CT molecular complexity index is 1330. The Labute approximate surface area is 220 Å². The number of amides is 1. The SMILES string of the molecule is Cc1cc(-c2ccc([C@H](C)N3CC[C@@](CCCN(C)S(C)(=O)=O)(c4ccccc4)OC3=O)cc2)ccn1. The van der Waals surface area contributed by atoms with Crippen LogP contribution in [0.15, 0.2) is 72.9 Å². The Morgan fingerprint density at radius 2 is 1.78 bits per heavy atom. The van der Waals surface area contributed by atoms with E-state index in [1.807, 2.05) is 56.4 Å². The van der Waals surface area contributed by atoms with Crippen molar-refractivity contribution in [3.8, 4) is 11.1 Å². The summed E-state index contributed by atoms with van der Waals surface area (Å²) in [5, 5.41) is 0. The molecule has 1 aliphatic heterocycles. The Morgan fingerprint density at radius 1 is 1.08 bits per heavy atom. The average Bonchev–Trinajstić information content (AvgIpc) is 2.88. The zero-order valence-electron chi connectivity index (χ0n) is 21.9. The summed E-state index contributed by atoms with van der Waals surface area (Å²) in [6.07, 6.45) is 4.41. The molecule has 4 rings (SSSR count). The van der Waals surface area contributed by atoms with Gasteiger partial charge in [0.25, 0.3) is 0 Å². The number of pyridine rings is 1. The molecule has 0 saturated carbocycles. The topological polar surface area (TPSA) is 79.8 Å². The van der Waals surface area contributed by atoms with Gasteiger partial charge in [0, 0.05) is 38.4 Å². The molecule has 37 heavy (non-hydrogen) atoms. The van der Waals surface area contributed by atoms with E-state index in [1.54, 1.807) is 11.9 Å². The summed E-state index contributed by atoms with van der Waals surface area (Å²) in [4.78, 5) is 19.4. The minimum absolute atomic E-state index is 0.147. The van der Waals surface area contributed by atoms with Crippen LogP contribution in [-0.2, 0) is 20.4 Å². The Kier molecular flexibility index (Phi) is 7.99. The van der Waals surface area contributed by atoms with Gasteiger partial charge in [-0.2, -0.15) is 0 Å². The first-order chi connectivity index (χ1) is 17.6. The van der Waals surface area contributed by atoms with Gasteiger partial charge in [0.05, 0.1) is 12.3 Å². The van der Waals surface area contributed by atoms with Crippen LogP contribution in [0, 0.1) is 6.92 Å². The second kappa shape index (κ2) is 11.0. The first-order valence-electron chi connectivity index (χ1n) is 12.6. The van der Waals surface area contributed by atoms with Crippen LogP contribution in [0.4, 0.5) is 4.79 Å². The summed E-state index contributed by atoms with van der Waals surface area (Å²) in [7, 11) is -1.69. The summed E-state index contributed by atoms with van der Waals surface area (Å²) in [6, 6.07) is 21.9. The number of sulfonamides is 1. The number of rotatable bonds is 9. The van der Waals surface area contributed by atoms with Gasteiger partial charge >= 0.3 is 6.09 Å². The Morgan fingerprint density at radius 3 is 2.41 bits per heavy atom. The maximum absolute atomic E-state index is 13.4. The number of carbonyl (C=O) groups excluding carboxylic acids is 1. The highest BCUT2D eigenvalue weighted by molar-refractivity contribution is 7.88. The molecule has 8 heteroatoms. The highest BCUT2D eigenvalue weighted by Crippen LogP contribution is 2.40. The molecule has 0 bridgehead atoms. The van der Waals surface area contributed by atoms with Crippen molar-refractivity contribution in [1.29, 1.82) is 0 Å². The van der Waals surface area contributed by atoms with Crippen LogP contribution >= 0.6 is 0 Å². The standard InChI is InChI=1S/C29H35N3O4S/c1-22-21-26(15-18-30-22)25-13-11-24(12-14-25)23(2)32-20-17-29(36-28(32)33,27-9-6-5-7-10-27)16-8-19-31(3)37(4,34)35/h5-7,9-15,18,21,23H,8,16-17,19-20H2,1-4H3/t23-,29-/m0/s1. The number of cyclic esters (lactones) is 1. The van der Waals surface area contributed by atoms with Gasteiger partial charge in [-0.15, -0.1) is 0 Å². The third-order valence-corrected chi connectivity index (χ3v) is 8.60. The van der Waals surface area contributed by atoms with Crippen molar-refractivity contribution in [3.63, 3.8) is 0 Å². The zero-order valence-corrected chi connectivity index (χ0v) is 22.7. The fourth-order valence-corrected chi connectivity index (χ4v) is 5.36. The fourth-order valence-electron chi connectivity index (χ4n) is 4.90. The molecule has 0 unspecified atom stereocenters. The first kappa shape index (κ1) is 26.8. The average molecular weight is 522 g/mol. The number of aryl methyl sites for hydroxylation is 1. The molecular formula is C29H35N3O4S. The zero-order chi connectivity index (χ0) is 26.6. The molecule has 3 aromatic rings. The largest absolute Gasteiger partial charge is 0.438 e. The third kappa shape index (κ3) is 6.19. The summed E-state index contributed by atoms with van der Waals surface area (Å²) in [5.41, 5.74) is 4.37. The monoisotopic (exact) mass is 521 g/mol. The number of carbonyl (C=O) groups is 1. The number of hydrogen-bond acceptors (Lipinski definition) is 5. The van der Waals surface area contributed by atoms with Crippen molar-refractivity contribution in [3.05, 3.63) is 89.7 Å². The van der Waals surface area contributed by atoms with Crippen LogP contribution in [0.2, 0.25) is 0 Å². The van der Waals surface area contributed by atoms with E-state index in [2.05, 4.69) is 35.3 Å². The highest BCUT2D eigenvalue weighted by atomic mass is 32.2. The van der Waals surface area contributed by atoms with E-state index < -0.39 is 15.6 Å². The van der Waals surface area contributed by atoms with Gasteiger partial charge in [-0.25, -0.2) is 17.5 Å². The Balaban J connectivity index is 1.49. The van der Waals surface area contributed by atoms with Crippen molar-refractivity contribution in [2.24, 2.45) is 0 Å². The van der Waals surface area contributed by atoms with Gasteiger partial charge in [-0.05, 0) is 61.1 Å². The molecule has 1 fully saturated rings. The normalized spacial score (nSPS) is 19.1. The molecule has 1 aliphatic rings. The molecular weight excluding hydrogens is 486 g/mol. The van der Waals surface area contributed by atoms with Gasteiger partial charge in [0.2, 0.25) is 10.0 Å². The Hall–Kier alpha value is -3.23. The number of hydrogen-bond donors (Lipinski definition) is 0. The van der Waals surface area contributed by atoms with Crippen LogP contribution in [0.3, 0.4) is 0 Å². The predicted octanol–water partition coefficient (Wildman–Crippen LogP) is 5.53. The number of ether oxygens (including phenoxy) is 1. The molecule has 1 amide bonds. The van der Waals surface area contributed by atoms with Crippen LogP contribution in [-0.4, -0.2) is 55.1 Å². The molecule has 0 aliphatic carbocycles. The molecule has 2 heterocycles. The van der Waals surface area contributed by atoms with Crippen molar-refractivity contribution in [1.82, 2.24) is 14.2 Å². The molecule has 0 spiro atoms. The van der Waals surface area contributed by atoms with E-state index in [1.165, 1.54) is 10.6 Å². The van der Waals surface area contributed by atoms with Gasteiger partial charge in [0.1, 0.15) is 5.60 Å². The number of nitrogens with zero attached hydrogens (tertiary/aromatic N) is 3. The van der Waals surface area contributed by atoms with Crippen molar-refractivity contribution >= 4 is 16.1 Å². The second-order valence-corrected chi connectivity index (χ2v) is 11.9. The molecule has 1 saturated heterocycles. The van der Waals surface area contributed by atoms with Crippen molar-refractivity contribution in [2.75, 3.05) is 26.4 Å². The van der Waals surface area contributed by atoms with Crippen LogP contribution in [0.1, 0.15) is 49.0 Å². The maximum atomic E-state index is 13.4. The van der Waals surface area contributed by atoms with E-state index in [9.17, 15) is 13.2 Å². The van der Waals surface area contributed by atoms with Crippen molar-refractivity contribution < 1.29 is 17.9 Å². The van der Waals surface area contributed by atoms with E-state index in [4.69, 9.17) is 4.74 Å². The first-order valence-corrected chi connectivity index (χ1v) is 14.4. The third-order valence-electron chi connectivity index (χ3n) is 7.28. The lowest BCUT2D eigenvalue weighted by atomic mass is 9.84. The molecule has 0 N–H and O–H groups in total. The summed E-state index contributed by atoms with van der Waals surface area (Å²) >= 11 is 0. The second-order valence-electron chi connectivity index (χ2n) is 9.84. The van der Waals surface area contributed by atoms with E-state index in [0.717, 1.165) is 27.9 Å². The minimum atomic E-state index is -3.26. The molecule has 1 aromatic heterocycles. The molecule has 2 atom stereocenters. The van der Waals surface area contributed by atoms with Crippen molar-refractivity contribution in [2.45, 2.75) is 44.8 Å². The lowest BCUT2D eigenvalue weighted by Crippen LogP contribution is -2.49. The lowest BCUT2D eigenvalue weighted by Gasteiger charge is -2.43. The van der Waals surface area contributed by atoms with Crippen LogP contribution in [0.5, 0.6) is 0 Å². The summed E-state index contributed by atoms with van der Waals surface area (Å²) < 4.78 is 31.2. The van der Waals surface area contributed by atoms with Gasteiger partial charge in [0.15, 0.2) is 0 Å². The number of benzene rings is 2. The fraction of sp³-hybridized carbons (Fsp3) is 0.379.